The van der Waals surface area contributed by atoms with Gasteiger partial charge in [-0.15, -0.1) is 0 Å². The van der Waals surface area contributed by atoms with Gasteiger partial charge in [0.2, 0.25) is 0 Å². The topological polar surface area (TPSA) is 88.4 Å². The number of ether oxygens (including phenoxy) is 2. The summed E-state index contributed by atoms with van der Waals surface area (Å²) >= 11 is 6.72. The van der Waals surface area contributed by atoms with Crippen LogP contribution < -0.4 is 10.1 Å². The zero-order valence-corrected chi connectivity index (χ0v) is 18.3. The van der Waals surface area contributed by atoms with Crippen LogP contribution in [0.5, 0.6) is 5.75 Å². The van der Waals surface area contributed by atoms with Gasteiger partial charge in [-0.3, -0.25) is 4.79 Å². The molecule has 1 amide bonds. The van der Waals surface area contributed by atoms with Gasteiger partial charge in [0.15, 0.2) is 6.61 Å². The molecular formula is C20H16Br2N2O4. The minimum Gasteiger partial charge on any atom is -0.480 e. The SMILES string of the molecule is COC(=O)COc1c(Br)cc(/C=C(\C#N)C(=O)Nc2ccc(C)cc2)cc1Br. The fourth-order valence-corrected chi connectivity index (χ4v) is 3.59. The van der Waals surface area contributed by atoms with E-state index in [-0.39, 0.29) is 12.2 Å². The molecule has 0 unspecified atom stereocenters. The van der Waals surface area contributed by atoms with E-state index < -0.39 is 11.9 Å². The van der Waals surface area contributed by atoms with Crippen LogP contribution in [0.1, 0.15) is 11.1 Å². The average Bonchev–Trinajstić information content (AvgIpc) is 2.66. The van der Waals surface area contributed by atoms with Gasteiger partial charge in [0.1, 0.15) is 17.4 Å². The van der Waals surface area contributed by atoms with Crippen LogP contribution in [0.4, 0.5) is 5.69 Å². The van der Waals surface area contributed by atoms with Crippen LogP contribution in [0.2, 0.25) is 0 Å². The van der Waals surface area contributed by atoms with Crippen molar-refractivity contribution in [2.75, 3.05) is 19.0 Å². The van der Waals surface area contributed by atoms with Crippen molar-refractivity contribution in [1.29, 1.82) is 5.26 Å². The summed E-state index contributed by atoms with van der Waals surface area (Å²) < 4.78 is 11.0. The number of nitrogens with one attached hydrogen (secondary N) is 1. The van der Waals surface area contributed by atoms with E-state index in [2.05, 4.69) is 41.9 Å². The van der Waals surface area contributed by atoms with Crippen molar-refractivity contribution >= 4 is 55.5 Å². The highest BCUT2D eigenvalue weighted by molar-refractivity contribution is 9.11. The maximum atomic E-state index is 12.4. The largest absolute Gasteiger partial charge is 0.480 e. The van der Waals surface area contributed by atoms with Gasteiger partial charge in [0.25, 0.3) is 5.91 Å². The second-order valence-electron chi connectivity index (χ2n) is 5.67. The van der Waals surface area contributed by atoms with Crippen LogP contribution in [-0.4, -0.2) is 25.6 Å². The van der Waals surface area contributed by atoms with Gasteiger partial charge in [0, 0.05) is 5.69 Å². The Hall–Kier alpha value is -2.63. The summed E-state index contributed by atoms with van der Waals surface area (Å²) in [6.45, 7) is 1.70. The number of nitrogens with zero attached hydrogens (tertiary/aromatic N) is 1. The predicted octanol–water partition coefficient (Wildman–Crippen LogP) is 4.62. The molecule has 2 rings (SSSR count). The summed E-state index contributed by atoms with van der Waals surface area (Å²) in [6.07, 6.45) is 1.46. The lowest BCUT2D eigenvalue weighted by molar-refractivity contribution is -0.142. The van der Waals surface area contributed by atoms with Crippen molar-refractivity contribution in [2.24, 2.45) is 0 Å². The molecule has 0 bridgehead atoms. The molecule has 6 nitrogen and oxygen atoms in total. The first-order chi connectivity index (χ1) is 13.3. The molecular weight excluding hydrogens is 492 g/mol. The van der Waals surface area contributed by atoms with Gasteiger partial charge in [-0.1, -0.05) is 17.7 Å². The highest BCUT2D eigenvalue weighted by atomic mass is 79.9. The zero-order valence-electron chi connectivity index (χ0n) is 15.1. The Labute approximate surface area is 179 Å². The minimum absolute atomic E-state index is 0.0531. The van der Waals surface area contributed by atoms with Crippen molar-refractivity contribution in [3.8, 4) is 11.8 Å². The summed E-state index contributed by atoms with van der Waals surface area (Å²) in [4.78, 5) is 23.6. The number of carbonyl (C=O) groups is 2. The molecule has 8 heteroatoms. The molecule has 0 aliphatic heterocycles. The third-order valence-electron chi connectivity index (χ3n) is 3.57. The van der Waals surface area contributed by atoms with Crippen LogP contribution in [0.15, 0.2) is 50.9 Å². The molecule has 0 fully saturated rings. The molecule has 2 aromatic carbocycles. The molecule has 0 saturated heterocycles. The number of halogens is 2. The van der Waals surface area contributed by atoms with E-state index in [1.54, 1.807) is 24.3 Å². The van der Waals surface area contributed by atoms with Gasteiger partial charge < -0.3 is 14.8 Å². The maximum absolute atomic E-state index is 12.4. The van der Waals surface area contributed by atoms with E-state index in [9.17, 15) is 14.9 Å². The van der Waals surface area contributed by atoms with E-state index >= 15 is 0 Å². The quantitative estimate of drug-likeness (QED) is 0.350. The third kappa shape index (κ3) is 5.94. The Kier molecular flexibility index (Phi) is 7.79. The number of carbonyl (C=O) groups excluding carboxylic acids is 2. The van der Waals surface area contributed by atoms with Crippen molar-refractivity contribution in [2.45, 2.75) is 6.92 Å². The highest BCUT2D eigenvalue weighted by Gasteiger charge is 2.13. The number of nitriles is 1. The van der Waals surface area contributed by atoms with Crippen LogP contribution in [0, 0.1) is 18.3 Å². The Bertz CT molecular complexity index is 940. The van der Waals surface area contributed by atoms with Gasteiger partial charge in [-0.25, -0.2) is 4.79 Å². The smallest absolute Gasteiger partial charge is 0.343 e. The summed E-state index contributed by atoms with van der Waals surface area (Å²) in [5.41, 5.74) is 2.21. The lowest BCUT2D eigenvalue weighted by atomic mass is 10.1. The maximum Gasteiger partial charge on any atom is 0.343 e. The van der Waals surface area contributed by atoms with Crippen LogP contribution >= 0.6 is 31.9 Å². The Morgan fingerprint density at radius 1 is 1.18 bits per heavy atom. The second-order valence-corrected chi connectivity index (χ2v) is 7.38. The molecule has 2 aromatic rings. The van der Waals surface area contributed by atoms with Gasteiger partial charge in [-0.2, -0.15) is 5.26 Å². The number of hydrogen-bond donors (Lipinski definition) is 1. The lowest BCUT2D eigenvalue weighted by Crippen LogP contribution is -2.13. The fourth-order valence-electron chi connectivity index (χ4n) is 2.14. The normalized spacial score (nSPS) is 10.8. The zero-order chi connectivity index (χ0) is 20.7. The molecule has 144 valence electrons. The first-order valence-corrected chi connectivity index (χ1v) is 9.61. The molecule has 0 saturated carbocycles. The number of methoxy groups -OCH3 is 1. The van der Waals surface area contributed by atoms with E-state index in [0.717, 1.165) is 5.56 Å². The molecule has 0 aromatic heterocycles. The number of amides is 1. The van der Waals surface area contributed by atoms with E-state index in [4.69, 9.17) is 4.74 Å². The monoisotopic (exact) mass is 506 g/mol. The fraction of sp³-hybridized carbons (Fsp3) is 0.150. The molecule has 0 aliphatic rings. The Morgan fingerprint density at radius 2 is 1.79 bits per heavy atom. The number of anilines is 1. The van der Waals surface area contributed by atoms with Crippen molar-refractivity contribution in [1.82, 2.24) is 0 Å². The third-order valence-corrected chi connectivity index (χ3v) is 4.75. The molecule has 1 N–H and O–H groups in total. The Morgan fingerprint density at radius 3 is 2.32 bits per heavy atom. The van der Waals surface area contributed by atoms with Gasteiger partial charge in [-0.05, 0) is 74.7 Å². The average molecular weight is 508 g/mol. The molecule has 0 aliphatic carbocycles. The van der Waals surface area contributed by atoms with Gasteiger partial charge >= 0.3 is 5.97 Å². The first-order valence-electron chi connectivity index (χ1n) is 8.02. The molecule has 0 heterocycles. The van der Waals surface area contributed by atoms with E-state index in [1.165, 1.54) is 13.2 Å². The van der Waals surface area contributed by atoms with Crippen molar-refractivity contribution < 1.29 is 19.1 Å². The molecule has 0 atom stereocenters. The Balaban J connectivity index is 2.21. The lowest BCUT2D eigenvalue weighted by Gasteiger charge is -2.10. The number of rotatable bonds is 6. The standard InChI is InChI=1S/C20H16Br2N2O4/c1-12-3-5-15(6-4-12)24-20(26)14(10-23)7-13-8-16(21)19(17(22)9-13)28-11-18(25)27-2/h3-9H,11H2,1-2H3,(H,24,26)/b14-7+. The van der Waals surface area contributed by atoms with Crippen LogP contribution in [0.25, 0.3) is 6.08 Å². The van der Waals surface area contributed by atoms with E-state index in [1.807, 2.05) is 25.1 Å². The number of hydrogen-bond acceptors (Lipinski definition) is 5. The highest BCUT2D eigenvalue weighted by Crippen LogP contribution is 2.35. The first kappa shape index (κ1) is 21.7. The minimum atomic E-state index is -0.512. The van der Waals surface area contributed by atoms with Crippen LogP contribution in [0.3, 0.4) is 0 Å². The summed E-state index contributed by atoms with van der Waals surface area (Å²) in [7, 11) is 1.27. The molecule has 28 heavy (non-hydrogen) atoms. The van der Waals surface area contributed by atoms with Crippen LogP contribution in [-0.2, 0) is 14.3 Å². The molecule has 0 radical (unpaired) electrons. The second kappa shape index (κ2) is 10.1. The van der Waals surface area contributed by atoms with Crippen molar-refractivity contribution in [3.63, 3.8) is 0 Å². The van der Waals surface area contributed by atoms with Crippen molar-refractivity contribution in [3.05, 3.63) is 62.0 Å². The summed E-state index contributed by atoms with van der Waals surface area (Å²) in [5.74, 6) is -0.614. The predicted molar refractivity (Wildman–Crippen MR) is 113 cm³/mol. The molecule has 0 spiro atoms. The summed E-state index contributed by atoms with van der Waals surface area (Å²) in [5, 5.41) is 12.1. The number of benzene rings is 2. The number of esters is 1. The number of aryl methyl sites for hydroxylation is 1. The van der Waals surface area contributed by atoms with E-state index in [0.29, 0.717) is 25.9 Å². The van der Waals surface area contributed by atoms with Gasteiger partial charge in [0.05, 0.1) is 16.1 Å². The summed E-state index contributed by atoms with van der Waals surface area (Å²) in [6, 6.07) is 12.5.